The number of rotatable bonds is 2. The molecule has 3 atom stereocenters. The van der Waals surface area contributed by atoms with E-state index < -0.39 is 0 Å². The molecule has 1 saturated carbocycles. The lowest BCUT2D eigenvalue weighted by Crippen LogP contribution is -2.56. The molecule has 4 heteroatoms. The molecule has 0 radical (unpaired) electrons. The molecule has 0 spiro atoms. The maximum absolute atomic E-state index is 12.5. The summed E-state index contributed by atoms with van der Waals surface area (Å²) >= 11 is 0. The minimum atomic E-state index is 0. The molecule has 1 aliphatic heterocycles. The van der Waals surface area contributed by atoms with Gasteiger partial charge in [-0.1, -0.05) is 39.0 Å². The Balaban J connectivity index is 0.00000200. The molecule has 2 N–H and O–H groups in total. The molecule has 0 bridgehead atoms. The Morgan fingerprint density at radius 1 is 1.00 bits per heavy atom. The summed E-state index contributed by atoms with van der Waals surface area (Å²) < 4.78 is 0. The van der Waals surface area contributed by atoms with Crippen LogP contribution in [0.15, 0.2) is 0 Å². The number of carbonyl (C=O) groups is 1. The number of carbonyl (C=O) groups excluding carboxylic acids is 1. The quantitative estimate of drug-likeness (QED) is 0.822. The van der Waals surface area contributed by atoms with Gasteiger partial charge < -0.3 is 10.6 Å². The van der Waals surface area contributed by atoms with Crippen molar-refractivity contribution in [3.63, 3.8) is 0 Å². The van der Waals surface area contributed by atoms with Crippen molar-refractivity contribution in [3.8, 4) is 0 Å². The van der Waals surface area contributed by atoms with Gasteiger partial charge in [0.2, 0.25) is 5.91 Å². The van der Waals surface area contributed by atoms with Gasteiger partial charge >= 0.3 is 0 Å². The SMILES string of the molecule is CC1CCNC(C)C1NC(=O)C1CCCCCCC1.Cl. The summed E-state index contributed by atoms with van der Waals surface area (Å²) in [7, 11) is 0. The minimum absolute atomic E-state index is 0. The second-order valence-corrected chi connectivity index (χ2v) is 6.59. The lowest BCUT2D eigenvalue weighted by Gasteiger charge is -2.37. The van der Waals surface area contributed by atoms with Gasteiger partial charge in [0.15, 0.2) is 0 Å². The summed E-state index contributed by atoms with van der Waals surface area (Å²) in [4.78, 5) is 12.5. The largest absolute Gasteiger partial charge is 0.351 e. The highest BCUT2D eigenvalue weighted by Crippen LogP contribution is 2.24. The summed E-state index contributed by atoms with van der Waals surface area (Å²) in [6, 6.07) is 0.716. The molecule has 3 unspecified atom stereocenters. The van der Waals surface area contributed by atoms with Crippen LogP contribution in [0.3, 0.4) is 0 Å². The molecule has 1 heterocycles. The van der Waals surface area contributed by atoms with Gasteiger partial charge in [0.1, 0.15) is 0 Å². The normalized spacial score (nSPS) is 32.6. The molecule has 1 saturated heterocycles. The molecule has 1 aliphatic carbocycles. The molecule has 0 aromatic carbocycles. The van der Waals surface area contributed by atoms with Gasteiger partial charge in [-0.15, -0.1) is 12.4 Å². The molecular weight excluding hydrogens is 272 g/mol. The van der Waals surface area contributed by atoms with Gasteiger partial charge in [0.25, 0.3) is 0 Å². The van der Waals surface area contributed by atoms with Crippen molar-refractivity contribution in [2.75, 3.05) is 6.54 Å². The molecule has 0 aromatic rings. The molecule has 2 rings (SSSR count). The molecule has 118 valence electrons. The highest BCUT2D eigenvalue weighted by atomic mass is 35.5. The van der Waals surface area contributed by atoms with Gasteiger partial charge in [0.05, 0.1) is 0 Å². The molecule has 0 aromatic heterocycles. The van der Waals surface area contributed by atoms with Gasteiger partial charge in [-0.2, -0.15) is 0 Å². The third-order valence-corrected chi connectivity index (χ3v) is 5.00. The Labute approximate surface area is 130 Å². The van der Waals surface area contributed by atoms with Crippen LogP contribution in [0.5, 0.6) is 0 Å². The lowest BCUT2D eigenvalue weighted by molar-refractivity contribution is -0.127. The zero-order valence-electron chi connectivity index (χ0n) is 13.0. The molecule has 20 heavy (non-hydrogen) atoms. The van der Waals surface area contributed by atoms with Crippen LogP contribution in [-0.4, -0.2) is 24.5 Å². The number of nitrogens with one attached hydrogen (secondary N) is 2. The van der Waals surface area contributed by atoms with Crippen molar-refractivity contribution in [1.82, 2.24) is 10.6 Å². The van der Waals surface area contributed by atoms with E-state index in [9.17, 15) is 4.79 Å². The molecule has 2 aliphatic rings. The number of halogens is 1. The average Bonchev–Trinajstić information content (AvgIpc) is 2.33. The van der Waals surface area contributed by atoms with Crippen molar-refractivity contribution >= 4 is 18.3 Å². The lowest BCUT2D eigenvalue weighted by atomic mass is 9.87. The Kier molecular flexibility index (Phi) is 7.90. The van der Waals surface area contributed by atoms with Gasteiger partial charge in [-0.25, -0.2) is 0 Å². The number of hydrogen-bond acceptors (Lipinski definition) is 2. The summed E-state index contributed by atoms with van der Waals surface area (Å²) in [6.45, 7) is 5.54. The van der Waals surface area contributed by atoms with Crippen molar-refractivity contribution < 1.29 is 4.79 Å². The maximum atomic E-state index is 12.5. The van der Waals surface area contributed by atoms with E-state index in [1.165, 1.54) is 38.5 Å². The molecular formula is C16H31ClN2O. The predicted molar refractivity (Wildman–Crippen MR) is 86.2 cm³/mol. The van der Waals surface area contributed by atoms with Crippen molar-refractivity contribution in [2.24, 2.45) is 11.8 Å². The standard InChI is InChI=1S/C16H30N2O.ClH/c1-12-10-11-17-13(2)15(12)18-16(19)14-8-6-4-3-5-7-9-14;/h12-15,17H,3-11H2,1-2H3,(H,18,19);1H. The average molecular weight is 303 g/mol. The van der Waals surface area contributed by atoms with E-state index in [2.05, 4.69) is 24.5 Å². The first kappa shape index (κ1) is 17.8. The Hall–Kier alpha value is -0.280. The molecule has 3 nitrogen and oxygen atoms in total. The summed E-state index contributed by atoms with van der Waals surface area (Å²) in [5.74, 6) is 1.17. The first-order valence-corrected chi connectivity index (χ1v) is 8.22. The molecule has 2 fully saturated rings. The van der Waals surface area contributed by atoms with E-state index in [1.807, 2.05) is 0 Å². The van der Waals surface area contributed by atoms with E-state index in [0.717, 1.165) is 19.4 Å². The van der Waals surface area contributed by atoms with Crippen molar-refractivity contribution in [3.05, 3.63) is 0 Å². The zero-order valence-corrected chi connectivity index (χ0v) is 13.8. The Bertz CT molecular complexity index is 280. The fourth-order valence-corrected chi connectivity index (χ4v) is 3.61. The van der Waals surface area contributed by atoms with Crippen LogP contribution in [-0.2, 0) is 4.79 Å². The summed E-state index contributed by atoms with van der Waals surface area (Å²) in [5.41, 5.74) is 0. The van der Waals surface area contributed by atoms with Gasteiger partial charge in [0, 0.05) is 18.0 Å². The minimum Gasteiger partial charge on any atom is -0.351 e. The summed E-state index contributed by atoms with van der Waals surface area (Å²) in [6.07, 6.45) is 9.78. The van der Waals surface area contributed by atoms with Crippen LogP contribution in [0.1, 0.15) is 65.2 Å². The highest BCUT2D eigenvalue weighted by molar-refractivity contribution is 5.85. The van der Waals surface area contributed by atoms with Crippen molar-refractivity contribution in [2.45, 2.75) is 77.3 Å². The number of hydrogen-bond donors (Lipinski definition) is 2. The highest BCUT2D eigenvalue weighted by Gasteiger charge is 2.30. The van der Waals surface area contributed by atoms with Crippen molar-refractivity contribution in [1.29, 1.82) is 0 Å². The van der Waals surface area contributed by atoms with Crippen LogP contribution in [0.25, 0.3) is 0 Å². The van der Waals surface area contributed by atoms with E-state index in [4.69, 9.17) is 0 Å². The van der Waals surface area contributed by atoms with Crippen LogP contribution >= 0.6 is 12.4 Å². The first-order valence-electron chi connectivity index (χ1n) is 8.22. The second-order valence-electron chi connectivity index (χ2n) is 6.59. The third kappa shape index (κ3) is 4.92. The Morgan fingerprint density at radius 2 is 1.60 bits per heavy atom. The smallest absolute Gasteiger partial charge is 0.223 e. The predicted octanol–water partition coefficient (Wildman–Crippen LogP) is 3.27. The second kappa shape index (κ2) is 8.89. The zero-order chi connectivity index (χ0) is 13.7. The van der Waals surface area contributed by atoms with Crippen LogP contribution in [0, 0.1) is 11.8 Å². The fraction of sp³-hybridized carbons (Fsp3) is 0.938. The van der Waals surface area contributed by atoms with E-state index >= 15 is 0 Å². The number of amides is 1. The Morgan fingerprint density at radius 3 is 2.20 bits per heavy atom. The van der Waals surface area contributed by atoms with Crippen LogP contribution in [0.4, 0.5) is 0 Å². The third-order valence-electron chi connectivity index (χ3n) is 5.00. The number of piperidine rings is 1. The first-order chi connectivity index (χ1) is 9.18. The van der Waals surface area contributed by atoms with E-state index in [0.29, 0.717) is 23.9 Å². The van der Waals surface area contributed by atoms with Gasteiger partial charge in [-0.3, -0.25) is 4.79 Å². The van der Waals surface area contributed by atoms with Gasteiger partial charge in [-0.05, 0) is 38.6 Å². The monoisotopic (exact) mass is 302 g/mol. The van der Waals surface area contributed by atoms with Crippen LogP contribution < -0.4 is 10.6 Å². The maximum Gasteiger partial charge on any atom is 0.223 e. The topological polar surface area (TPSA) is 41.1 Å². The van der Waals surface area contributed by atoms with Crippen LogP contribution in [0.2, 0.25) is 0 Å². The summed E-state index contributed by atoms with van der Waals surface area (Å²) in [5, 5.41) is 6.81. The fourth-order valence-electron chi connectivity index (χ4n) is 3.61. The van der Waals surface area contributed by atoms with E-state index in [-0.39, 0.29) is 18.3 Å². The van der Waals surface area contributed by atoms with E-state index in [1.54, 1.807) is 0 Å². The molecule has 1 amide bonds.